The number of nitrogens with one attached hydrogen (secondary N) is 1. The molecular weight excluding hydrogens is 324 g/mol. The fourth-order valence-electron chi connectivity index (χ4n) is 2.41. The van der Waals surface area contributed by atoms with Crippen LogP contribution in [0.2, 0.25) is 0 Å². The van der Waals surface area contributed by atoms with Gasteiger partial charge in [0.05, 0.1) is 5.69 Å². The number of hydrogen-bond acceptors (Lipinski definition) is 3. The summed E-state index contributed by atoms with van der Waals surface area (Å²) in [7, 11) is 0. The number of aryl methyl sites for hydroxylation is 2. The van der Waals surface area contributed by atoms with Crippen LogP contribution in [0, 0.1) is 19.8 Å². The zero-order valence-electron chi connectivity index (χ0n) is 16.9. The molecule has 0 saturated carbocycles. The molecule has 2 aromatic heterocycles. The van der Waals surface area contributed by atoms with Crippen molar-refractivity contribution in [3.63, 3.8) is 0 Å². The molecule has 5 heteroatoms. The average Bonchev–Trinajstić information content (AvgIpc) is 2.93. The Hall–Kier alpha value is -2.43. The van der Waals surface area contributed by atoms with Crippen molar-refractivity contribution in [3.05, 3.63) is 51.7 Å². The Kier molecular flexibility index (Phi) is 6.35. The summed E-state index contributed by atoms with van der Waals surface area (Å²) in [6.07, 6.45) is 1.31. The highest BCUT2D eigenvalue weighted by Gasteiger charge is 2.16. The van der Waals surface area contributed by atoms with Crippen molar-refractivity contribution in [2.75, 3.05) is 0 Å². The largest absolute Gasteiger partial charge is 0.303 e. The molecule has 0 atom stereocenters. The second kappa shape index (κ2) is 8.30. The van der Waals surface area contributed by atoms with Gasteiger partial charge in [0.25, 0.3) is 5.56 Å². The highest BCUT2D eigenvalue weighted by Crippen LogP contribution is 2.18. The van der Waals surface area contributed by atoms with Crippen LogP contribution in [0.1, 0.15) is 64.0 Å². The van der Waals surface area contributed by atoms with Crippen LogP contribution in [-0.2, 0) is 0 Å². The maximum atomic E-state index is 12.3. The Morgan fingerprint density at radius 3 is 2.15 bits per heavy atom. The van der Waals surface area contributed by atoms with Crippen LogP contribution in [0.5, 0.6) is 0 Å². The molecule has 3 rings (SSSR count). The Balaban J connectivity index is 0.000000431. The monoisotopic (exact) mass is 354 g/mol. The smallest absolute Gasteiger partial charge is 0.277 e. The van der Waals surface area contributed by atoms with E-state index in [1.54, 1.807) is 4.52 Å². The third-order valence-corrected chi connectivity index (χ3v) is 4.36. The Morgan fingerprint density at radius 2 is 1.65 bits per heavy atom. The third-order valence-electron chi connectivity index (χ3n) is 4.36. The SMILES string of the molecule is CCC(C)C.Cc1ccc(-c2nn3c(C(C)C)nc(C)c3c(=O)[nH]2)cc1. The van der Waals surface area contributed by atoms with E-state index in [-0.39, 0.29) is 11.5 Å². The van der Waals surface area contributed by atoms with Gasteiger partial charge in [-0.2, -0.15) is 0 Å². The lowest BCUT2D eigenvalue weighted by atomic mass is 10.1. The van der Waals surface area contributed by atoms with E-state index in [2.05, 4.69) is 35.8 Å². The van der Waals surface area contributed by atoms with Crippen LogP contribution in [0.3, 0.4) is 0 Å². The summed E-state index contributed by atoms with van der Waals surface area (Å²) in [5.41, 5.74) is 3.14. The fraction of sp³-hybridized carbons (Fsp3) is 0.476. The van der Waals surface area contributed by atoms with Gasteiger partial charge >= 0.3 is 0 Å². The molecule has 0 aliphatic heterocycles. The van der Waals surface area contributed by atoms with Gasteiger partial charge in [0, 0.05) is 11.5 Å². The van der Waals surface area contributed by atoms with E-state index in [9.17, 15) is 4.79 Å². The third kappa shape index (κ3) is 4.40. The number of H-pyrrole nitrogens is 1. The van der Waals surface area contributed by atoms with Gasteiger partial charge in [-0.05, 0) is 19.8 Å². The first kappa shape index (κ1) is 19.9. The minimum Gasteiger partial charge on any atom is -0.303 e. The van der Waals surface area contributed by atoms with Crippen molar-refractivity contribution in [2.24, 2.45) is 5.92 Å². The van der Waals surface area contributed by atoms with Crippen LogP contribution < -0.4 is 5.56 Å². The number of aromatic nitrogens is 4. The second-order valence-electron chi connectivity index (χ2n) is 7.44. The van der Waals surface area contributed by atoms with Crippen LogP contribution in [0.4, 0.5) is 0 Å². The first-order chi connectivity index (χ1) is 12.2. The summed E-state index contributed by atoms with van der Waals surface area (Å²) in [6, 6.07) is 7.92. The molecule has 2 heterocycles. The summed E-state index contributed by atoms with van der Waals surface area (Å²) < 4.78 is 1.67. The van der Waals surface area contributed by atoms with Crippen LogP contribution in [0.15, 0.2) is 29.1 Å². The van der Waals surface area contributed by atoms with Gasteiger partial charge in [-0.1, -0.05) is 70.9 Å². The van der Waals surface area contributed by atoms with Gasteiger partial charge < -0.3 is 4.98 Å². The van der Waals surface area contributed by atoms with E-state index >= 15 is 0 Å². The minimum atomic E-state index is -0.155. The van der Waals surface area contributed by atoms with Crippen molar-refractivity contribution < 1.29 is 0 Å². The zero-order chi connectivity index (χ0) is 19.4. The van der Waals surface area contributed by atoms with E-state index in [0.717, 1.165) is 17.3 Å². The number of benzene rings is 1. The molecule has 0 aliphatic rings. The lowest BCUT2D eigenvalue weighted by Gasteiger charge is -2.06. The molecule has 1 aromatic carbocycles. The molecular formula is C21H30N4O. The summed E-state index contributed by atoms with van der Waals surface area (Å²) in [5, 5.41) is 4.58. The van der Waals surface area contributed by atoms with Crippen molar-refractivity contribution >= 4 is 5.52 Å². The Bertz CT molecular complexity index is 918. The number of nitrogens with zero attached hydrogens (tertiary/aromatic N) is 3. The van der Waals surface area contributed by atoms with Crippen molar-refractivity contribution in [1.82, 2.24) is 19.6 Å². The van der Waals surface area contributed by atoms with Crippen LogP contribution >= 0.6 is 0 Å². The number of hydrogen-bond donors (Lipinski definition) is 1. The molecule has 0 fully saturated rings. The summed E-state index contributed by atoms with van der Waals surface area (Å²) >= 11 is 0. The topological polar surface area (TPSA) is 63.1 Å². The van der Waals surface area contributed by atoms with Crippen molar-refractivity contribution in [1.29, 1.82) is 0 Å². The van der Waals surface area contributed by atoms with Gasteiger partial charge in [-0.15, -0.1) is 5.10 Å². The molecule has 3 aromatic rings. The number of rotatable bonds is 3. The fourth-order valence-corrected chi connectivity index (χ4v) is 2.41. The van der Waals surface area contributed by atoms with E-state index in [0.29, 0.717) is 17.0 Å². The van der Waals surface area contributed by atoms with Crippen LogP contribution in [-0.4, -0.2) is 19.6 Å². The number of aromatic amines is 1. The first-order valence-corrected chi connectivity index (χ1v) is 9.31. The highest BCUT2D eigenvalue weighted by atomic mass is 16.1. The standard InChI is InChI=1S/C16H18N4O.C5H12/c1-9(2)15-17-11(4)13-16(21)18-14(19-20(13)15)12-7-5-10(3)6-8-12;1-4-5(2)3/h5-9H,1-4H3,(H,18,19,21);5H,4H2,1-3H3. The molecule has 0 spiro atoms. The Morgan fingerprint density at radius 1 is 1.08 bits per heavy atom. The quantitative estimate of drug-likeness (QED) is 0.729. The van der Waals surface area contributed by atoms with E-state index < -0.39 is 0 Å². The second-order valence-corrected chi connectivity index (χ2v) is 7.44. The van der Waals surface area contributed by atoms with Gasteiger partial charge in [0.15, 0.2) is 11.3 Å². The van der Waals surface area contributed by atoms with Crippen molar-refractivity contribution in [3.8, 4) is 11.4 Å². The lowest BCUT2D eigenvalue weighted by Crippen LogP contribution is -2.15. The maximum Gasteiger partial charge on any atom is 0.277 e. The van der Waals surface area contributed by atoms with Gasteiger partial charge in [-0.25, -0.2) is 9.50 Å². The normalized spacial score (nSPS) is 11.1. The molecule has 0 unspecified atom stereocenters. The lowest BCUT2D eigenvalue weighted by molar-refractivity contribution is 0.626. The highest BCUT2D eigenvalue weighted by molar-refractivity contribution is 5.58. The molecule has 1 N–H and O–H groups in total. The number of imidazole rings is 1. The molecule has 0 radical (unpaired) electrons. The summed E-state index contributed by atoms with van der Waals surface area (Å²) in [4.78, 5) is 19.7. The van der Waals surface area contributed by atoms with E-state index in [1.165, 1.54) is 12.0 Å². The molecule has 5 nitrogen and oxygen atoms in total. The molecule has 0 bridgehead atoms. The predicted molar refractivity (Wildman–Crippen MR) is 108 cm³/mol. The van der Waals surface area contributed by atoms with Gasteiger partial charge in [0.1, 0.15) is 5.82 Å². The van der Waals surface area contributed by atoms with E-state index in [4.69, 9.17) is 0 Å². The summed E-state index contributed by atoms with van der Waals surface area (Å²) in [5.74, 6) is 2.45. The van der Waals surface area contributed by atoms with Crippen molar-refractivity contribution in [2.45, 2.75) is 60.8 Å². The molecule has 0 amide bonds. The maximum absolute atomic E-state index is 12.3. The molecule has 140 valence electrons. The molecule has 0 aliphatic carbocycles. The first-order valence-electron chi connectivity index (χ1n) is 9.31. The molecule has 26 heavy (non-hydrogen) atoms. The average molecular weight is 354 g/mol. The van der Waals surface area contributed by atoms with Gasteiger partial charge in [0.2, 0.25) is 0 Å². The minimum absolute atomic E-state index is 0.155. The van der Waals surface area contributed by atoms with Gasteiger partial charge in [-0.3, -0.25) is 4.79 Å². The van der Waals surface area contributed by atoms with E-state index in [1.807, 2.05) is 52.0 Å². The zero-order valence-corrected chi connectivity index (χ0v) is 16.9. The van der Waals surface area contributed by atoms with Crippen LogP contribution in [0.25, 0.3) is 16.9 Å². The Labute approximate surface area is 155 Å². The molecule has 0 saturated heterocycles. The number of fused-ring (bicyclic) bond motifs is 1. The summed E-state index contributed by atoms with van der Waals surface area (Å²) in [6.45, 7) is 14.6. The predicted octanol–water partition coefficient (Wildman–Crippen LogP) is 4.88.